The zero-order chi connectivity index (χ0) is 20.2. The molecule has 29 heavy (non-hydrogen) atoms. The van der Waals surface area contributed by atoms with E-state index in [0.29, 0.717) is 6.54 Å². The third-order valence-electron chi connectivity index (χ3n) is 4.98. The van der Waals surface area contributed by atoms with Crippen LogP contribution in [0.4, 0.5) is 11.4 Å². The maximum Gasteiger partial charge on any atom is 0.295 e. The van der Waals surface area contributed by atoms with Crippen LogP contribution in [0.5, 0.6) is 0 Å². The standard InChI is InChI=1S/C20H20N6O3/c27-20(22-12-16-5-1-2-6-17(16)24-9-3-4-10-24)15-7-8-18(19(11-15)26(28)29)25-14-21-13-23-25/h1-2,5-8,11,13-14H,3-4,9-10,12H2,(H,22,27). The van der Waals surface area contributed by atoms with Crippen molar-refractivity contribution in [2.75, 3.05) is 18.0 Å². The minimum Gasteiger partial charge on any atom is -0.371 e. The highest BCUT2D eigenvalue weighted by atomic mass is 16.6. The Morgan fingerprint density at radius 2 is 1.93 bits per heavy atom. The average Bonchev–Trinajstić information content (AvgIpc) is 3.46. The maximum atomic E-state index is 12.6. The fraction of sp³-hybridized carbons (Fsp3) is 0.250. The van der Waals surface area contributed by atoms with Crippen LogP contribution in [0.25, 0.3) is 5.69 Å². The number of nitrogens with zero attached hydrogens (tertiary/aromatic N) is 5. The minimum atomic E-state index is -0.531. The number of hydrogen-bond donors (Lipinski definition) is 1. The number of carbonyl (C=O) groups is 1. The van der Waals surface area contributed by atoms with Gasteiger partial charge in [-0.3, -0.25) is 14.9 Å². The quantitative estimate of drug-likeness (QED) is 0.511. The van der Waals surface area contributed by atoms with Crippen molar-refractivity contribution in [1.82, 2.24) is 20.1 Å². The molecule has 0 aliphatic carbocycles. The Balaban J connectivity index is 1.52. The van der Waals surface area contributed by atoms with Crippen molar-refractivity contribution in [2.24, 2.45) is 0 Å². The molecular weight excluding hydrogens is 372 g/mol. The molecule has 2 heterocycles. The van der Waals surface area contributed by atoms with E-state index >= 15 is 0 Å². The Hall–Kier alpha value is -3.75. The van der Waals surface area contributed by atoms with Gasteiger partial charge in [0.05, 0.1) is 4.92 Å². The van der Waals surface area contributed by atoms with Crippen molar-refractivity contribution in [3.05, 3.63) is 76.4 Å². The smallest absolute Gasteiger partial charge is 0.295 e. The first-order valence-corrected chi connectivity index (χ1v) is 9.38. The fourth-order valence-electron chi connectivity index (χ4n) is 3.54. The molecule has 148 valence electrons. The molecule has 0 bridgehead atoms. The number of anilines is 1. The molecule has 9 heteroatoms. The topological polar surface area (TPSA) is 106 Å². The molecule has 0 radical (unpaired) electrons. The molecule has 4 rings (SSSR count). The molecule has 0 atom stereocenters. The lowest BCUT2D eigenvalue weighted by molar-refractivity contribution is -0.384. The third-order valence-corrected chi connectivity index (χ3v) is 4.98. The van der Waals surface area contributed by atoms with Crippen LogP contribution in [0, 0.1) is 10.1 Å². The molecule has 0 spiro atoms. The average molecular weight is 392 g/mol. The second-order valence-corrected chi connectivity index (χ2v) is 6.81. The van der Waals surface area contributed by atoms with E-state index in [-0.39, 0.29) is 22.8 Å². The summed E-state index contributed by atoms with van der Waals surface area (Å²) < 4.78 is 1.30. The summed E-state index contributed by atoms with van der Waals surface area (Å²) in [5, 5.41) is 18.3. The Morgan fingerprint density at radius 3 is 2.66 bits per heavy atom. The van der Waals surface area contributed by atoms with Crippen molar-refractivity contribution in [3.8, 4) is 5.69 Å². The number of nitro benzene ring substituents is 1. The SMILES string of the molecule is O=C(NCc1ccccc1N1CCCC1)c1ccc(-n2cncn2)c([N+](=O)[O-])c1. The number of hydrogen-bond acceptors (Lipinski definition) is 6. The summed E-state index contributed by atoms with van der Waals surface area (Å²) in [6, 6.07) is 12.3. The second-order valence-electron chi connectivity index (χ2n) is 6.81. The summed E-state index contributed by atoms with van der Waals surface area (Å²) in [5.41, 5.74) is 2.41. The van der Waals surface area contributed by atoms with Crippen molar-refractivity contribution in [3.63, 3.8) is 0 Å². The van der Waals surface area contributed by atoms with E-state index in [1.807, 2.05) is 18.2 Å². The van der Waals surface area contributed by atoms with Crippen LogP contribution in [0.1, 0.15) is 28.8 Å². The number of rotatable bonds is 6. The van der Waals surface area contributed by atoms with Gasteiger partial charge in [-0.1, -0.05) is 18.2 Å². The van der Waals surface area contributed by atoms with Crippen LogP contribution in [-0.4, -0.2) is 38.7 Å². The largest absolute Gasteiger partial charge is 0.371 e. The van der Waals surface area contributed by atoms with Crippen LogP contribution in [0.15, 0.2) is 55.1 Å². The number of carbonyl (C=O) groups excluding carboxylic acids is 1. The number of para-hydroxylation sites is 1. The highest BCUT2D eigenvalue weighted by molar-refractivity contribution is 5.95. The third kappa shape index (κ3) is 3.93. The normalized spacial score (nSPS) is 13.4. The molecule has 1 aliphatic heterocycles. The highest BCUT2D eigenvalue weighted by Gasteiger charge is 2.20. The summed E-state index contributed by atoms with van der Waals surface area (Å²) in [6.07, 6.45) is 5.00. The van der Waals surface area contributed by atoms with E-state index in [1.54, 1.807) is 6.07 Å². The van der Waals surface area contributed by atoms with Gasteiger partial charge in [-0.15, -0.1) is 0 Å². The maximum absolute atomic E-state index is 12.6. The molecule has 1 amide bonds. The molecule has 1 saturated heterocycles. The van der Waals surface area contributed by atoms with E-state index in [1.165, 1.54) is 42.3 Å². The first kappa shape index (κ1) is 18.6. The first-order valence-electron chi connectivity index (χ1n) is 9.38. The van der Waals surface area contributed by atoms with Gasteiger partial charge in [-0.2, -0.15) is 5.10 Å². The fourth-order valence-corrected chi connectivity index (χ4v) is 3.54. The predicted octanol–water partition coefficient (Wildman–Crippen LogP) is 2.71. The second kappa shape index (κ2) is 8.09. The molecule has 2 aromatic carbocycles. The molecule has 9 nitrogen and oxygen atoms in total. The summed E-state index contributed by atoms with van der Waals surface area (Å²) in [6.45, 7) is 2.38. The Morgan fingerprint density at radius 1 is 1.14 bits per heavy atom. The zero-order valence-corrected chi connectivity index (χ0v) is 15.7. The van der Waals surface area contributed by atoms with Gasteiger partial charge in [0.25, 0.3) is 11.6 Å². The van der Waals surface area contributed by atoms with Gasteiger partial charge < -0.3 is 10.2 Å². The Bertz CT molecular complexity index is 1030. The molecule has 1 N–H and O–H groups in total. The lowest BCUT2D eigenvalue weighted by Gasteiger charge is -2.21. The van der Waals surface area contributed by atoms with Gasteiger partial charge >= 0.3 is 0 Å². The molecular formula is C20H20N6O3. The first-order chi connectivity index (χ1) is 14.1. The highest BCUT2D eigenvalue weighted by Crippen LogP contribution is 2.25. The van der Waals surface area contributed by atoms with E-state index in [2.05, 4.69) is 26.4 Å². The van der Waals surface area contributed by atoms with Crippen LogP contribution in [-0.2, 0) is 6.54 Å². The zero-order valence-electron chi connectivity index (χ0n) is 15.7. The van der Waals surface area contributed by atoms with Gasteiger partial charge in [-0.05, 0) is 36.6 Å². The summed E-state index contributed by atoms with van der Waals surface area (Å²) >= 11 is 0. The summed E-state index contributed by atoms with van der Waals surface area (Å²) in [5.74, 6) is -0.366. The number of amides is 1. The number of benzene rings is 2. The van der Waals surface area contributed by atoms with E-state index in [0.717, 1.165) is 24.3 Å². The Kier molecular flexibility index (Phi) is 5.19. The molecule has 0 unspecified atom stereocenters. The predicted molar refractivity (Wildman–Crippen MR) is 107 cm³/mol. The van der Waals surface area contributed by atoms with Crippen LogP contribution in [0.3, 0.4) is 0 Å². The lowest BCUT2D eigenvalue weighted by atomic mass is 10.1. The summed E-state index contributed by atoms with van der Waals surface area (Å²) in [7, 11) is 0. The van der Waals surface area contributed by atoms with Gasteiger partial charge in [0.15, 0.2) is 0 Å². The number of nitro groups is 1. The van der Waals surface area contributed by atoms with Crippen LogP contribution in [0.2, 0.25) is 0 Å². The number of aromatic nitrogens is 3. The molecule has 1 aromatic heterocycles. The molecule has 3 aromatic rings. The van der Waals surface area contributed by atoms with E-state index in [4.69, 9.17) is 0 Å². The van der Waals surface area contributed by atoms with Crippen LogP contribution >= 0.6 is 0 Å². The van der Waals surface area contributed by atoms with Crippen molar-refractivity contribution >= 4 is 17.3 Å². The van der Waals surface area contributed by atoms with Gasteiger partial charge in [0, 0.05) is 37.0 Å². The summed E-state index contributed by atoms with van der Waals surface area (Å²) in [4.78, 5) is 29.7. The molecule has 1 aliphatic rings. The van der Waals surface area contributed by atoms with Gasteiger partial charge in [0.1, 0.15) is 18.3 Å². The number of nitrogens with one attached hydrogen (secondary N) is 1. The Labute approximate surface area is 167 Å². The molecule has 1 fully saturated rings. The van der Waals surface area contributed by atoms with E-state index in [9.17, 15) is 14.9 Å². The monoisotopic (exact) mass is 392 g/mol. The molecule has 0 saturated carbocycles. The van der Waals surface area contributed by atoms with Gasteiger partial charge in [0.2, 0.25) is 0 Å². The van der Waals surface area contributed by atoms with Crippen LogP contribution < -0.4 is 10.2 Å². The van der Waals surface area contributed by atoms with Crippen molar-refractivity contribution in [1.29, 1.82) is 0 Å². The van der Waals surface area contributed by atoms with E-state index < -0.39 is 4.92 Å². The lowest BCUT2D eigenvalue weighted by Crippen LogP contribution is -2.25. The minimum absolute atomic E-state index is 0.208. The van der Waals surface area contributed by atoms with Crippen molar-refractivity contribution < 1.29 is 9.72 Å². The van der Waals surface area contributed by atoms with Gasteiger partial charge in [-0.25, -0.2) is 9.67 Å². The van der Waals surface area contributed by atoms with Crippen molar-refractivity contribution in [2.45, 2.75) is 19.4 Å².